The number of halogens is 1. The zero-order valence-corrected chi connectivity index (χ0v) is 20.7. The lowest BCUT2D eigenvalue weighted by Crippen LogP contribution is -2.39. The van der Waals surface area contributed by atoms with E-state index in [0.29, 0.717) is 25.9 Å². The average molecular weight is 506 g/mol. The van der Waals surface area contributed by atoms with Crippen LogP contribution in [0.1, 0.15) is 35.2 Å². The Balaban J connectivity index is 1.42. The Hall–Kier alpha value is -2.49. The molecule has 0 radical (unpaired) electrons. The van der Waals surface area contributed by atoms with Crippen molar-refractivity contribution in [3.8, 4) is 0 Å². The first kappa shape index (κ1) is 23.7. The number of hydrogen-bond donors (Lipinski definition) is 0. The van der Waals surface area contributed by atoms with E-state index in [1.54, 1.807) is 11.3 Å². The highest BCUT2D eigenvalue weighted by Crippen LogP contribution is 2.33. The van der Waals surface area contributed by atoms with Crippen molar-refractivity contribution in [2.45, 2.75) is 43.3 Å². The smallest absolute Gasteiger partial charge is 0.289 e. The minimum absolute atomic E-state index is 0.0537. The number of rotatable bonds is 6. The fourth-order valence-electron chi connectivity index (χ4n) is 4.00. The summed E-state index contributed by atoms with van der Waals surface area (Å²) >= 11 is 7.40. The molecule has 0 amide bonds. The van der Waals surface area contributed by atoms with Gasteiger partial charge < -0.3 is 4.90 Å². The maximum Gasteiger partial charge on any atom is 0.289 e. The summed E-state index contributed by atoms with van der Waals surface area (Å²) < 4.78 is 26.2. The zero-order valence-electron chi connectivity index (χ0n) is 18.3. The van der Waals surface area contributed by atoms with Crippen molar-refractivity contribution in [2.24, 2.45) is 0 Å². The highest BCUT2D eigenvalue weighted by molar-refractivity contribution is 7.92. The third kappa shape index (κ3) is 5.05. The number of anilines is 1. The molecule has 33 heavy (non-hydrogen) atoms. The van der Waals surface area contributed by atoms with Gasteiger partial charge in [0.2, 0.25) is 0 Å². The second kappa shape index (κ2) is 9.40. The number of nitrogens with zero attached hydrogens (tertiary/aromatic N) is 3. The first-order valence-electron chi connectivity index (χ1n) is 10.6. The van der Waals surface area contributed by atoms with Crippen LogP contribution in [0.4, 0.5) is 10.8 Å². The molecule has 1 fully saturated rings. The lowest BCUT2D eigenvalue weighted by Gasteiger charge is -2.31. The molecule has 4 rings (SSSR count). The minimum atomic E-state index is -3.69. The quantitative estimate of drug-likeness (QED) is 0.331. The summed E-state index contributed by atoms with van der Waals surface area (Å²) in [5.74, 6) is 0. The van der Waals surface area contributed by atoms with Crippen LogP contribution in [0.2, 0.25) is 5.02 Å². The van der Waals surface area contributed by atoms with Crippen molar-refractivity contribution in [1.82, 2.24) is 4.98 Å². The summed E-state index contributed by atoms with van der Waals surface area (Å²) in [5.41, 5.74) is 4.36. The third-order valence-electron chi connectivity index (χ3n) is 6.09. The second-order valence-electron chi connectivity index (χ2n) is 8.32. The highest BCUT2D eigenvalue weighted by atomic mass is 35.5. The van der Waals surface area contributed by atoms with Crippen molar-refractivity contribution < 1.29 is 13.3 Å². The summed E-state index contributed by atoms with van der Waals surface area (Å²) in [6.45, 7) is 5.33. The van der Waals surface area contributed by atoms with E-state index in [1.165, 1.54) is 28.8 Å². The Morgan fingerprint density at radius 2 is 1.88 bits per heavy atom. The standard InChI is InChI=1S/C23H24ClN3O4S2/c1-15-3-4-17(11-16(15)2)12-18-14-32-23(25-18)26-9-7-19(8-10-26)33(30,31)20-5-6-21(24)22(13-20)27(28)29/h3-6,11,13-14,19H,7-10,12H2,1-2H3. The van der Waals surface area contributed by atoms with E-state index in [2.05, 4.69) is 42.3 Å². The van der Waals surface area contributed by atoms with Gasteiger partial charge in [0.1, 0.15) is 5.02 Å². The van der Waals surface area contributed by atoms with Gasteiger partial charge in [-0.2, -0.15) is 0 Å². The van der Waals surface area contributed by atoms with E-state index in [1.807, 2.05) is 0 Å². The average Bonchev–Trinajstić information content (AvgIpc) is 3.25. The number of aryl methyl sites for hydroxylation is 2. The number of nitro benzene ring substituents is 1. The van der Waals surface area contributed by atoms with Crippen molar-refractivity contribution in [3.63, 3.8) is 0 Å². The van der Waals surface area contributed by atoms with E-state index in [4.69, 9.17) is 16.6 Å². The lowest BCUT2D eigenvalue weighted by molar-refractivity contribution is -0.384. The van der Waals surface area contributed by atoms with Crippen LogP contribution in [0, 0.1) is 24.0 Å². The van der Waals surface area contributed by atoms with Crippen LogP contribution >= 0.6 is 22.9 Å². The van der Waals surface area contributed by atoms with E-state index in [0.717, 1.165) is 23.3 Å². The van der Waals surface area contributed by atoms with Crippen molar-refractivity contribution in [3.05, 3.63) is 79.3 Å². The second-order valence-corrected chi connectivity index (χ2v) is 11.8. The molecule has 174 valence electrons. The number of piperidine rings is 1. The van der Waals surface area contributed by atoms with Crippen LogP contribution in [0.5, 0.6) is 0 Å². The fourth-order valence-corrected chi connectivity index (χ4v) is 6.82. The molecule has 0 atom stereocenters. The molecular formula is C23H24ClN3O4S2. The summed E-state index contributed by atoms with van der Waals surface area (Å²) in [4.78, 5) is 17.3. The predicted molar refractivity (Wildman–Crippen MR) is 131 cm³/mol. The number of benzene rings is 2. The van der Waals surface area contributed by atoms with Crippen LogP contribution in [0.25, 0.3) is 0 Å². The van der Waals surface area contributed by atoms with Gasteiger partial charge in [-0.15, -0.1) is 11.3 Å². The van der Waals surface area contributed by atoms with Crippen LogP contribution in [0.15, 0.2) is 46.7 Å². The van der Waals surface area contributed by atoms with Gasteiger partial charge in [0, 0.05) is 31.0 Å². The minimum Gasteiger partial charge on any atom is -0.348 e. The number of thiazole rings is 1. The molecule has 0 bridgehead atoms. The Bertz CT molecular complexity index is 1300. The summed E-state index contributed by atoms with van der Waals surface area (Å²) in [6, 6.07) is 10.1. The molecule has 0 unspecified atom stereocenters. The molecule has 0 saturated carbocycles. The van der Waals surface area contributed by atoms with Gasteiger partial charge in [-0.1, -0.05) is 29.8 Å². The number of hydrogen-bond acceptors (Lipinski definition) is 7. The molecule has 1 aromatic heterocycles. The van der Waals surface area contributed by atoms with Gasteiger partial charge in [0.15, 0.2) is 15.0 Å². The Kier molecular flexibility index (Phi) is 6.74. The van der Waals surface area contributed by atoms with Crippen molar-refractivity contribution >= 4 is 43.6 Å². The molecule has 0 N–H and O–H groups in total. The molecule has 1 saturated heterocycles. The zero-order chi connectivity index (χ0) is 23.8. The van der Waals surface area contributed by atoms with E-state index < -0.39 is 25.7 Å². The monoisotopic (exact) mass is 505 g/mol. The maximum atomic E-state index is 13.1. The Labute approximate surface area is 202 Å². The SMILES string of the molecule is Cc1ccc(Cc2csc(N3CCC(S(=O)(=O)c4ccc(Cl)c([N+](=O)[O-])c4)CC3)n2)cc1C. The number of nitro groups is 1. The fraction of sp³-hybridized carbons (Fsp3) is 0.348. The van der Waals surface area contributed by atoms with Crippen LogP contribution < -0.4 is 4.90 Å². The molecule has 0 aliphatic carbocycles. The molecule has 3 aromatic rings. The number of aromatic nitrogens is 1. The van der Waals surface area contributed by atoms with E-state index in [-0.39, 0.29) is 9.92 Å². The van der Waals surface area contributed by atoms with Crippen LogP contribution in [0.3, 0.4) is 0 Å². The lowest BCUT2D eigenvalue weighted by atomic mass is 10.0. The van der Waals surface area contributed by atoms with Crippen LogP contribution in [-0.4, -0.2) is 36.7 Å². The summed E-state index contributed by atoms with van der Waals surface area (Å²) in [6.07, 6.45) is 1.63. The summed E-state index contributed by atoms with van der Waals surface area (Å²) in [7, 11) is -3.69. The maximum absolute atomic E-state index is 13.1. The molecule has 7 nitrogen and oxygen atoms in total. The van der Waals surface area contributed by atoms with E-state index >= 15 is 0 Å². The van der Waals surface area contributed by atoms with Gasteiger partial charge in [-0.25, -0.2) is 13.4 Å². The van der Waals surface area contributed by atoms with Gasteiger partial charge >= 0.3 is 0 Å². The topological polar surface area (TPSA) is 93.4 Å². The van der Waals surface area contributed by atoms with E-state index in [9.17, 15) is 18.5 Å². The van der Waals surface area contributed by atoms with Gasteiger partial charge in [0.25, 0.3) is 5.69 Å². The summed E-state index contributed by atoms with van der Waals surface area (Å²) in [5, 5.41) is 13.4. The number of sulfone groups is 1. The van der Waals surface area contributed by atoms with Gasteiger partial charge in [-0.3, -0.25) is 10.1 Å². The Morgan fingerprint density at radius 3 is 2.55 bits per heavy atom. The first-order chi connectivity index (χ1) is 15.6. The molecule has 10 heteroatoms. The van der Waals surface area contributed by atoms with Crippen molar-refractivity contribution in [1.29, 1.82) is 0 Å². The van der Waals surface area contributed by atoms with Gasteiger partial charge in [-0.05, 0) is 55.5 Å². The van der Waals surface area contributed by atoms with Gasteiger partial charge in [0.05, 0.1) is 20.8 Å². The largest absolute Gasteiger partial charge is 0.348 e. The van der Waals surface area contributed by atoms with Crippen molar-refractivity contribution in [2.75, 3.05) is 18.0 Å². The molecular weight excluding hydrogens is 482 g/mol. The molecule has 0 spiro atoms. The predicted octanol–water partition coefficient (Wildman–Crippen LogP) is 5.36. The molecule has 1 aliphatic rings. The van der Waals surface area contributed by atoms with Crippen LogP contribution in [-0.2, 0) is 16.3 Å². The molecule has 1 aliphatic heterocycles. The first-order valence-corrected chi connectivity index (χ1v) is 13.4. The molecule has 2 heterocycles. The highest BCUT2D eigenvalue weighted by Gasteiger charge is 2.33. The third-order valence-corrected chi connectivity index (χ3v) is 9.62. The normalized spacial score (nSPS) is 15.1. The molecule has 2 aromatic carbocycles. The Morgan fingerprint density at radius 1 is 1.15 bits per heavy atom.